The molecule has 3 aromatic heterocycles. The van der Waals surface area contributed by atoms with Crippen molar-refractivity contribution in [2.75, 3.05) is 13.1 Å². The highest BCUT2D eigenvalue weighted by Crippen LogP contribution is 2.27. The van der Waals surface area contributed by atoms with Gasteiger partial charge in [-0.25, -0.2) is 15.0 Å². The largest absolute Gasteiger partial charge is 0.297 e. The van der Waals surface area contributed by atoms with Crippen LogP contribution in [0.3, 0.4) is 0 Å². The van der Waals surface area contributed by atoms with Gasteiger partial charge in [0.1, 0.15) is 5.82 Å². The SMILES string of the molecule is Cc1nccc([C@@H]2CCCN(Cc3c(C)nc4sccn34)C2)n1. The molecule has 23 heavy (non-hydrogen) atoms. The van der Waals surface area contributed by atoms with E-state index in [0.717, 1.165) is 36.1 Å². The molecule has 120 valence electrons. The number of likely N-dealkylation sites (tertiary alicyclic amines) is 1. The highest BCUT2D eigenvalue weighted by molar-refractivity contribution is 7.15. The van der Waals surface area contributed by atoms with Gasteiger partial charge in [-0.1, -0.05) is 0 Å². The zero-order chi connectivity index (χ0) is 15.8. The number of rotatable bonds is 3. The Morgan fingerprint density at radius 2 is 2.22 bits per heavy atom. The van der Waals surface area contributed by atoms with Crippen LogP contribution in [0, 0.1) is 13.8 Å². The Hall–Kier alpha value is -1.79. The molecule has 6 heteroatoms. The van der Waals surface area contributed by atoms with Gasteiger partial charge in [0.15, 0.2) is 4.96 Å². The molecule has 4 heterocycles. The van der Waals surface area contributed by atoms with Gasteiger partial charge in [0.05, 0.1) is 11.4 Å². The first-order chi connectivity index (χ1) is 11.2. The Kier molecular flexibility index (Phi) is 3.87. The summed E-state index contributed by atoms with van der Waals surface area (Å²) in [5.74, 6) is 1.38. The maximum atomic E-state index is 4.66. The van der Waals surface area contributed by atoms with Crippen LogP contribution >= 0.6 is 11.3 Å². The highest BCUT2D eigenvalue weighted by atomic mass is 32.1. The molecule has 3 aromatic rings. The molecule has 0 saturated carbocycles. The van der Waals surface area contributed by atoms with Gasteiger partial charge in [-0.05, 0) is 39.3 Å². The van der Waals surface area contributed by atoms with Crippen molar-refractivity contribution in [3.8, 4) is 0 Å². The zero-order valence-corrected chi connectivity index (χ0v) is 14.4. The maximum Gasteiger partial charge on any atom is 0.194 e. The summed E-state index contributed by atoms with van der Waals surface area (Å²) in [7, 11) is 0. The lowest BCUT2D eigenvalue weighted by molar-refractivity contribution is 0.195. The van der Waals surface area contributed by atoms with Gasteiger partial charge >= 0.3 is 0 Å². The minimum atomic E-state index is 0.511. The second-order valence-corrected chi connectivity index (χ2v) is 7.18. The van der Waals surface area contributed by atoms with Crippen molar-refractivity contribution in [2.24, 2.45) is 0 Å². The van der Waals surface area contributed by atoms with Crippen LogP contribution in [0.4, 0.5) is 0 Å². The number of imidazole rings is 1. The van der Waals surface area contributed by atoms with Gasteiger partial charge in [-0.2, -0.15) is 0 Å². The number of thiazole rings is 1. The molecule has 0 radical (unpaired) electrons. The molecule has 1 aliphatic heterocycles. The van der Waals surface area contributed by atoms with E-state index < -0.39 is 0 Å². The number of fused-ring (bicyclic) bond motifs is 1. The van der Waals surface area contributed by atoms with Crippen LogP contribution in [0.2, 0.25) is 0 Å². The lowest BCUT2D eigenvalue weighted by atomic mass is 9.94. The van der Waals surface area contributed by atoms with Crippen LogP contribution in [0.25, 0.3) is 4.96 Å². The second-order valence-electron chi connectivity index (χ2n) is 6.30. The lowest BCUT2D eigenvalue weighted by Gasteiger charge is -2.32. The maximum absolute atomic E-state index is 4.66. The molecule has 1 aliphatic rings. The monoisotopic (exact) mass is 327 g/mol. The van der Waals surface area contributed by atoms with E-state index in [4.69, 9.17) is 0 Å². The van der Waals surface area contributed by atoms with Gasteiger partial charge in [-0.15, -0.1) is 11.3 Å². The van der Waals surface area contributed by atoms with E-state index in [0.29, 0.717) is 5.92 Å². The smallest absolute Gasteiger partial charge is 0.194 e. The molecule has 0 spiro atoms. The Morgan fingerprint density at radius 1 is 1.30 bits per heavy atom. The summed E-state index contributed by atoms with van der Waals surface area (Å²) in [6.45, 7) is 7.26. The van der Waals surface area contributed by atoms with Crippen LogP contribution in [0.5, 0.6) is 0 Å². The van der Waals surface area contributed by atoms with Gasteiger partial charge in [0.25, 0.3) is 0 Å². The van der Waals surface area contributed by atoms with Crippen LogP contribution in [0.1, 0.15) is 41.7 Å². The van der Waals surface area contributed by atoms with E-state index in [1.54, 1.807) is 11.3 Å². The molecule has 0 N–H and O–H groups in total. The molecular formula is C17H21N5S. The van der Waals surface area contributed by atoms with Gasteiger partial charge in [0, 0.05) is 42.5 Å². The van der Waals surface area contributed by atoms with Crippen LogP contribution < -0.4 is 0 Å². The number of aryl methyl sites for hydroxylation is 2. The Bertz CT molecular complexity index is 821. The Balaban J connectivity index is 1.53. The second kappa shape index (κ2) is 6.02. The summed E-state index contributed by atoms with van der Waals surface area (Å²) in [5.41, 5.74) is 3.66. The minimum absolute atomic E-state index is 0.511. The molecule has 0 aliphatic carbocycles. The third kappa shape index (κ3) is 2.88. The van der Waals surface area contributed by atoms with Gasteiger partial charge in [-0.3, -0.25) is 9.30 Å². The van der Waals surface area contributed by atoms with Crippen molar-refractivity contribution in [1.82, 2.24) is 24.3 Å². The summed E-state index contributed by atoms with van der Waals surface area (Å²) < 4.78 is 2.23. The molecule has 1 fully saturated rings. The summed E-state index contributed by atoms with van der Waals surface area (Å²) in [5, 5.41) is 2.11. The molecule has 1 atom stereocenters. The Morgan fingerprint density at radius 3 is 3.09 bits per heavy atom. The molecule has 0 amide bonds. The molecule has 0 aromatic carbocycles. The third-order valence-electron chi connectivity index (χ3n) is 4.66. The third-order valence-corrected chi connectivity index (χ3v) is 5.41. The fraction of sp³-hybridized carbons (Fsp3) is 0.471. The first-order valence-corrected chi connectivity index (χ1v) is 9.01. The normalized spacial score (nSPS) is 19.5. The average molecular weight is 327 g/mol. The van der Waals surface area contributed by atoms with Crippen molar-refractivity contribution >= 4 is 16.3 Å². The minimum Gasteiger partial charge on any atom is -0.297 e. The van der Waals surface area contributed by atoms with Gasteiger partial charge in [0.2, 0.25) is 0 Å². The summed E-state index contributed by atoms with van der Waals surface area (Å²) in [4.78, 5) is 17.2. The summed E-state index contributed by atoms with van der Waals surface area (Å²) >= 11 is 1.70. The van der Waals surface area contributed by atoms with E-state index in [9.17, 15) is 0 Å². The first-order valence-electron chi connectivity index (χ1n) is 8.13. The van der Waals surface area contributed by atoms with E-state index in [2.05, 4.69) is 48.8 Å². The molecule has 0 bridgehead atoms. The standard InChI is InChI=1S/C17H21N5S/c1-12-16(22-8-9-23-17(22)19-12)11-21-7-3-4-14(10-21)15-5-6-18-13(2)20-15/h5-6,8-9,14H,3-4,7,10-11H2,1-2H3/t14-/m1/s1. The van der Waals surface area contributed by atoms with Crippen LogP contribution in [-0.4, -0.2) is 37.3 Å². The molecule has 5 nitrogen and oxygen atoms in total. The fourth-order valence-corrected chi connectivity index (χ4v) is 4.26. The summed E-state index contributed by atoms with van der Waals surface area (Å²) in [6.07, 6.45) is 6.45. The van der Waals surface area contributed by atoms with Crippen LogP contribution in [0.15, 0.2) is 23.8 Å². The predicted molar refractivity (Wildman–Crippen MR) is 91.8 cm³/mol. The Labute approximate surface area is 140 Å². The van der Waals surface area contributed by atoms with Crippen LogP contribution in [-0.2, 0) is 6.54 Å². The molecule has 1 saturated heterocycles. The molecule has 4 rings (SSSR count). The highest BCUT2D eigenvalue weighted by Gasteiger charge is 2.24. The van der Waals surface area contributed by atoms with E-state index in [1.165, 1.54) is 24.2 Å². The van der Waals surface area contributed by atoms with E-state index >= 15 is 0 Å². The quantitative estimate of drug-likeness (QED) is 0.741. The number of piperidine rings is 1. The van der Waals surface area contributed by atoms with Crippen molar-refractivity contribution < 1.29 is 0 Å². The topological polar surface area (TPSA) is 46.3 Å². The lowest BCUT2D eigenvalue weighted by Crippen LogP contribution is -2.34. The van der Waals surface area contributed by atoms with Gasteiger partial charge < -0.3 is 0 Å². The number of hydrogen-bond donors (Lipinski definition) is 0. The average Bonchev–Trinajstić information content (AvgIpc) is 3.11. The number of aromatic nitrogens is 4. The molecule has 0 unspecified atom stereocenters. The van der Waals surface area contributed by atoms with E-state index in [1.807, 2.05) is 13.1 Å². The molecular weight excluding hydrogens is 306 g/mol. The van der Waals surface area contributed by atoms with Crippen molar-refractivity contribution in [3.63, 3.8) is 0 Å². The summed E-state index contributed by atoms with van der Waals surface area (Å²) in [6, 6.07) is 2.07. The number of hydrogen-bond acceptors (Lipinski definition) is 5. The van der Waals surface area contributed by atoms with E-state index in [-0.39, 0.29) is 0 Å². The predicted octanol–water partition coefficient (Wildman–Crippen LogP) is 3.18. The first kappa shape index (κ1) is 14.8. The van der Waals surface area contributed by atoms with Crippen molar-refractivity contribution in [2.45, 2.75) is 39.2 Å². The van der Waals surface area contributed by atoms with Crippen molar-refractivity contribution in [1.29, 1.82) is 0 Å². The fourth-order valence-electron chi connectivity index (χ4n) is 3.49. The van der Waals surface area contributed by atoms with Crippen molar-refractivity contribution in [3.05, 3.63) is 46.7 Å². The number of nitrogens with zero attached hydrogens (tertiary/aromatic N) is 5. The zero-order valence-electron chi connectivity index (χ0n) is 13.6.